The molecule has 0 unspecified atom stereocenters. The van der Waals surface area contributed by atoms with Crippen LogP contribution < -0.4 is 0 Å². The number of aromatic nitrogens is 3. The molecule has 246 valence electrons. The topological polar surface area (TPSA) is 38.7 Å². The molecule has 1 aromatic heterocycles. The molecular weight excluding hydrogens is 619 g/mol. The standard InChI is InChI=1S/C48H39N3/c1-47(2)40-19-11-10-18-36(40)38-30-43-39(29-42(38)47)37-28-35(24-25-41(37)48(43)26-12-5-13-27-48)31-20-22-34(23-21-31)46-50-44(32-14-6-3-7-15-32)49-45(51-46)33-16-8-4-9-17-33/h3-4,6-11,14-25,28-30H,5,12-13,26-27H2,1-2H3. The zero-order valence-corrected chi connectivity index (χ0v) is 29.2. The maximum absolute atomic E-state index is 4.96. The number of benzene rings is 6. The van der Waals surface area contributed by atoms with Crippen molar-refractivity contribution in [3.63, 3.8) is 0 Å². The van der Waals surface area contributed by atoms with Crippen LogP contribution in [0.2, 0.25) is 0 Å². The Morgan fingerprint density at radius 2 is 0.863 bits per heavy atom. The second-order valence-corrected chi connectivity index (χ2v) is 15.1. The van der Waals surface area contributed by atoms with Crippen LogP contribution in [-0.4, -0.2) is 15.0 Å². The highest BCUT2D eigenvalue weighted by atomic mass is 15.0. The molecule has 1 spiro atoms. The van der Waals surface area contributed by atoms with Gasteiger partial charge < -0.3 is 0 Å². The van der Waals surface area contributed by atoms with Gasteiger partial charge in [-0.3, -0.25) is 0 Å². The molecule has 1 fully saturated rings. The molecule has 1 saturated carbocycles. The molecule has 10 rings (SSSR count). The zero-order valence-electron chi connectivity index (χ0n) is 29.2. The molecule has 0 atom stereocenters. The Bertz CT molecular complexity index is 2400. The van der Waals surface area contributed by atoms with Crippen LogP contribution in [0.4, 0.5) is 0 Å². The number of fused-ring (bicyclic) bond motifs is 8. The second-order valence-electron chi connectivity index (χ2n) is 15.1. The minimum absolute atomic E-state index is 0.0212. The van der Waals surface area contributed by atoms with E-state index in [9.17, 15) is 0 Å². The van der Waals surface area contributed by atoms with E-state index in [1.54, 1.807) is 5.56 Å². The molecule has 1 heterocycles. The van der Waals surface area contributed by atoms with Gasteiger partial charge in [-0.05, 0) is 86.7 Å². The van der Waals surface area contributed by atoms with Crippen molar-refractivity contribution in [2.45, 2.75) is 56.8 Å². The summed E-state index contributed by atoms with van der Waals surface area (Å²) in [6.07, 6.45) is 6.37. The van der Waals surface area contributed by atoms with Crippen LogP contribution in [0.15, 0.2) is 140 Å². The molecule has 51 heavy (non-hydrogen) atoms. The maximum Gasteiger partial charge on any atom is 0.164 e. The molecule has 0 saturated heterocycles. The van der Waals surface area contributed by atoms with E-state index in [1.807, 2.05) is 36.4 Å². The van der Waals surface area contributed by atoms with Gasteiger partial charge in [0.25, 0.3) is 0 Å². The summed E-state index contributed by atoms with van der Waals surface area (Å²) in [5.41, 5.74) is 17.1. The maximum atomic E-state index is 4.96. The highest BCUT2D eigenvalue weighted by Gasteiger charge is 2.46. The van der Waals surface area contributed by atoms with Gasteiger partial charge in [-0.15, -0.1) is 0 Å². The summed E-state index contributed by atoms with van der Waals surface area (Å²) in [5.74, 6) is 2.03. The van der Waals surface area contributed by atoms with Crippen molar-refractivity contribution in [1.29, 1.82) is 0 Å². The lowest BCUT2D eigenvalue weighted by Crippen LogP contribution is -2.28. The highest BCUT2D eigenvalue weighted by molar-refractivity contribution is 5.91. The number of rotatable bonds is 4. The van der Waals surface area contributed by atoms with Crippen molar-refractivity contribution in [2.24, 2.45) is 0 Å². The van der Waals surface area contributed by atoms with Crippen LogP contribution >= 0.6 is 0 Å². The number of hydrogen-bond acceptors (Lipinski definition) is 3. The van der Waals surface area contributed by atoms with Crippen molar-refractivity contribution in [1.82, 2.24) is 15.0 Å². The Balaban J connectivity index is 1.06. The molecule has 3 heteroatoms. The molecular formula is C48H39N3. The van der Waals surface area contributed by atoms with Gasteiger partial charge in [-0.2, -0.15) is 0 Å². The van der Waals surface area contributed by atoms with Gasteiger partial charge in [0.05, 0.1) is 0 Å². The average molecular weight is 658 g/mol. The van der Waals surface area contributed by atoms with E-state index in [4.69, 9.17) is 15.0 Å². The van der Waals surface area contributed by atoms with Crippen molar-refractivity contribution in [3.8, 4) is 67.5 Å². The lowest BCUT2D eigenvalue weighted by molar-refractivity contribution is 0.353. The smallest absolute Gasteiger partial charge is 0.164 e. The average Bonchev–Trinajstić information content (AvgIpc) is 3.58. The lowest BCUT2D eigenvalue weighted by Gasteiger charge is -2.36. The Hall–Kier alpha value is -5.67. The fraction of sp³-hybridized carbons (Fsp3) is 0.188. The molecule has 3 nitrogen and oxygen atoms in total. The zero-order chi connectivity index (χ0) is 34.2. The van der Waals surface area contributed by atoms with Crippen LogP contribution in [0.25, 0.3) is 67.5 Å². The molecule has 0 amide bonds. The first-order valence-electron chi connectivity index (χ1n) is 18.4. The third-order valence-electron chi connectivity index (χ3n) is 11.9. The van der Waals surface area contributed by atoms with Crippen molar-refractivity contribution in [3.05, 3.63) is 162 Å². The Morgan fingerprint density at radius 1 is 0.373 bits per heavy atom. The summed E-state index contributed by atoms with van der Waals surface area (Å²) in [6.45, 7) is 4.79. The summed E-state index contributed by atoms with van der Waals surface area (Å²) in [4.78, 5) is 14.8. The van der Waals surface area contributed by atoms with E-state index in [1.165, 1.54) is 82.2 Å². The molecule has 3 aliphatic rings. The second kappa shape index (κ2) is 11.4. The van der Waals surface area contributed by atoms with Gasteiger partial charge in [0.15, 0.2) is 17.5 Å². The van der Waals surface area contributed by atoms with Gasteiger partial charge >= 0.3 is 0 Å². The molecule has 7 aromatic rings. The fourth-order valence-electron chi connectivity index (χ4n) is 9.32. The van der Waals surface area contributed by atoms with Gasteiger partial charge in [-0.1, -0.05) is 154 Å². The quantitative estimate of drug-likeness (QED) is 0.189. The highest BCUT2D eigenvalue weighted by Crippen LogP contribution is 2.60. The molecule has 0 N–H and O–H groups in total. The van der Waals surface area contributed by atoms with Crippen LogP contribution in [0.3, 0.4) is 0 Å². The minimum Gasteiger partial charge on any atom is -0.208 e. The Morgan fingerprint density at radius 3 is 1.51 bits per heavy atom. The molecule has 0 bridgehead atoms. The van der Waals surface area contributed by atoms with Crippen molar-refractivity contribution in [2.75, 3.05) is 0 Å². The van der Waals surface area contributed by atoms with E-state index in [2.05, 4.69) is 117 Å². The number of hydrogen-bond donors (Lipinski definition) is 0. The summed E-state index contributed by atoms with van der Waals surface area (Å²) in [6, 6.07) is 50.6. The third kappa shape index (κ3) is 4.68. The van der Waals surface area contributed by atoms with Crippen LogP contribution in [-0.2, 0) is 10.8 Å². The van der Waals surface area contributed by atoms with Crippen LogP contribution in [0.1, 0.15) is 68.2 Å². The molecule has 0 aliphatic heterocycles. The first-order valence-corrected chi connectivity index (χ1v) is 18.4. The summed E-state index contributed by atoms with van der Waals surface area (Å²) < 4.78 is 0. The van der Waals surface area contributed by atoms with Crippen LogP contribution in [0.5, 0.6) is 0 Å². The summed E-state index contributed by atoms with van der Waals surface area (Å²) in [7, 11) is 0. The van der Waals surface area contributed by atoms with Crippen LogP contribution in [0, 0.1) is 0 Å². The Labute approximate surface area is 300 Å². The molecule has 6 aromatic carbocycles. The third-order valence-corrected chi connectivity index (χ3v) is 11.9. The fourth-order valence-corrected chi connectivity index (χ4v) is 9.32. The predicted molar refractivity (Wildman–Crippen MR) is 208 cm³/mol. The minimum atomic E-state index is -0.0212. The van der Waals surface area contributed by atoms with E-state index >= 15 is 0 Å². The lowest BCUT2D eigenvalue weighted by atomic mass is 9.67. The molecule has 3 aliphatic carbocycles. The first-order chi connectivity index (χ1) is 25.0. The molecule has 0 radical (unpaired) electrons. The van der Waals surface area contributed by atoms with E-state index in [0.717, 1.165) is 16.7 Å². The van der Waals surface area contributed by atoms with Gasteiger partial charge in [0, 0.05) is 27.5 Å². The monoisotopic (exact) mass is 657 g/mol. The first kappa shape index (κ1) is 30.2. The van der Waals surface area contributed by atoms with Gasteiger partial charge in [0.2, 0.25) is 0 Å². The number of nitrogens with zero attached hydrogens (tertiary/aromatic N) is 3. The normalized spacial score (nSPS) is 16.0. The summed E-state index contributed by atoms with van der Waals surface area (Å²) >= 11 is 0. The van der Waals surface area contributed by atoms with E-state index in [-0.39, 0.29) is 10.8 Å². The Kier molecular flexibility index (Phi) is 6.76. The summed E-state index contributed by atoms with van der Waals surface area (Å²) in [5, 5.41) is 0. The van der Waals surface area contributed by atoms with E-state index < -0.39 is 0 Å². The largest absolute Gasteiger partial charge is 0.208 e. The SMILES string of the molecule is CC1(C)c2ccccc2-c2cc3c(cc21)-c1cc(-c2ccc(-c4nc(-c5ccccc5)nc(-c5ccccc5)n4)cc2)ccc1C31CCCCC1. The predicted octanol–water partition coefficient (Wildman–Crippen LogP) is 12.1. The van der Waals surface area contributed by atoms with Gasteiger partial charge in [0.1, 0.15) is 0 Å². The van der Waals surface area contributed by atoms with Crippen molar-refractivity contribution >= 4 is 0 Å². The van der Waals surface area contributed by atoms with Crippen molar-refractivity contribution < 1.29 is 0 Å². The van der Waals surface area contributed by atoms with E-state index in [0.29, 0.717) is 17.5 Å². The van der Waals surface area contributed by atoms with Gasteiger partial charge in [-0.25, -0.2) is 15.0 Å².